The second kappa shape index (κ2) is 6.01. The summed E-state index contributed by atoms with van der Waals surface area (Å²) in [6, 6.07) is 5.33. The standard InChI is InChI=1S/C14H17Cl2N3O2/c15-9-1-2-11(12(16)5-9)13(20)8-18-3-4-19-10(7-18)6-17-14(19)21/h1-2,5,10,13,20H,3-4,6-8H2,(H,17,21). The van der Waals surface area contributed by atoms with Crippen LogP contribution in [0.3, 0.4) is 0 Å². The molecule has 0 aliphatic carbocycles. The van der Waals surface area contributed by atoms with Crippen LogP contribution >= 0.6 is 23.2 Å². The number of halogens is 2. The summed E-state index contributed by atoms with van der Waals surface area (Å²) in [6.45, 7) is 3.39. The van der Waals surface area contributed by atoms with E-state index in [0.29, 0.717) is 35.2 Å². The lowest BCUT2D eigenvalue weighted by atomic mass is 10.1. The molecule has 114 valence electrons. The highest BCUT2D eigenvalue weighted by Gasteiger charge is 2.35. The van der Waals surface area contributed by atoms with Gasteiger partial charge in [-0.1, -0.05) is 29.3 Å². The third-order valence-corrected chi connectivity index (χ3v) is 4.63. The van der Waals surface area contributed by atoms with Crippen LogP contribution in [0.5, 0.6) is 0 Å². The Morgan fingerprint density at radius 3 is 2.95 bits per heavy atom. The molecule has 1 aromatic carbocycles. The van der Waals surface area contributed by atoms with E-state index in [2.05, 4.69) is 10.2 Å². The number of aliphatic hydroxyl groups is 1. The van der Waals surface area contributed by atoms with Gasteiger partial charge in [-0.25, -0.2) is 4.79 Å². The summed E-state index contributed by atoms with van der Waals surface area (Å²) in [5.41, 5.74) is 0.684. The monoisotopic (exact) mass is 329 g/mol. The van der Waals surface area contributed by atoms with Crippen molar-refractivity contribution in [3.63, 3.8) is 0 Å². The molecule has 7 heteroatoms. The van der Waals surface area contributed by atoms with E-state index >= 15 is 0 Å². The van der Waals surface area contributed by atoms with E-state index in [1.807, 2.05) is 4.90 Å². The lowest BCUT2D eigenvalue weighted by Gasteiger charge is -2.37. The van der Waals surface area contributed by atoms with Gasteiger partial charge in [0.05, 0.1) is 12.1 Å². The molecule has 0 aromatic heterocycles. The maximum atomic E-state index is 11.6. The van der Waals surface area contributed by atoms with Crippen LogP contribution in [0.1, 0.15) is 11.7 Å². The van der Waals surface area contributed by atoms with Gasteiger partial charge in [0.15, 0.2) is 0 Å². The third kappa shape index (κ3) is 3.11. The van der Waals surface area contributed by atoms with Gasteiger partial charge in [-0.05, 0) is 12.1 Å². The number of carbonyl (C=O) groups is 1. The summed E-state index contributed by atoms with van der Waals surface area (Å²) in [6.07, 6.45) is -0.661. The van der Waals surface area contributed by atoms with Crippen LogP contribution in [0.15, 0.2) is 18.2 Å². The molecule has 21 heavy (non-hydrogen) atoms. The topological polar surface area (TPSA) is 55.8 Å². The molecule has 2 aliphatic heterocycles. The van der Waals surface area contributed by atoms with Gasteiger partial charge >= 0.3 is 6.03 Å². The number of piperazine rings is 1. The Morgan fingerprint density at radius 1 is 1.38 bits per heavy atom. The third-order valence-electron chi connectivity index (χ3n) is 4.07. The number of hydrogen-bond acceptors (Lipinski definition) is 3. The van der Waals surface area contributed by atoms with Crippen molar-refractivity contribution >= 4 is 29.2 Å². The van der Waals surface area contributed by atoms with Crippen molar-refractivity contribution in [3.8, 4) is 0 Å². The summed E-state index contributed by atoms with van der Waals surface area (Å²) in [5.74, 6) is 0. The summed E-state index contributed by atoms with van der Waals surface area (Å²) in [7, 11) is 0. The van der Waals surface area contributed by atoms with Crippen LogP contribution in [0.2, 0.25) is 10.0 Å². The lowest BCUT2D eigenvalue weighted by molar-refractivity contribution is 0.0681. The van der Waals surface area contributed by atoms with Crippen molar-refractivity contribution < 1.29 is 9.90 Å². The van der Waals surface area contributed by atoms with Crippen LogP contribution in [-0.2, 0) is 0 Å². The van der Waals surface area contributed by atoms with Gasteiger partial charge in [0.25, 0.3) is 0 Å². The summed E-state index contributed by atoms with van der Waals surface area (Å²) in [4.78, 5) is 15.6. The molecule has 5 nitrogen and oxygen atoms in total. The summed E-state index contributed by atoms with van der Waals surface area (Å²) in [5, 5.41) is 14.2. The zero-order chi connectivity index (χ0) is 15.0. The van der Waals surface area contributed by atoms with Gasteiger partial charge in [0, 0.05) is 48.3 Å². The van der Waals surface area contributed by atoms with E-state index in [4.69, 9.17) is 23.2 Å². The van der Waals surface area contributed by atoms with Gasteiger partial charge in [0.2, 0.25) is 0 Å². The number of rotatable bonds is 3. The van der Waals surface area contributed by atoms with Crippen molar-refractivity contribution in [3.05, 3.63) is 33.8 Å². The van der Waals surface area contributed by atoms with Crippen molar-refractivity contribution in [1.29, 1.82) is 0 Å². The molecule has 2 aliphatic rings. The van der Waals surface area contributed by atoms with Crippen molar-refractivity contribution in [1.82, 2.24) is 15.1 Å². The molecular weight excluding hydrogens is 313 g/mol. The smallest absolute Gasteiger partial charge is 0.317 e. The van der Waals surface area contributed by atoms with Crippen molar-refractivity contribution in [2.24, 2.45) is 0 Å². The Morgan fingerprint density at radius 2 is 2.19 bits per heavy atom. The molecule has 2 N–H and O–H groups in total. The number of aliphatic hydroxyl groups excluding tert-OH is 1. The number of nitrogens with zero attached hydrogens (tertiary/aromatic N) is 2. The van der Waals surface area contributed by atoms with E-state index < -0.39 is 6.10 Å². The van der Waals surface area contributed by atoms with Gasteiger partial charge in [-0.15, -0.1) is 0 Å². The fraction of sp³-hybridized carbons (Fsp3) is 0.500. The molecule has 2 atom stereocenters. The van der Waals surface area contributed by atoms with E-state index in [9.17, 15) is 9.90 Å². The number of β-amino-alcohol motifs (C(OH)–C–C–N with tert-alkyl or cyclic N) is 1. The minimum absolute atomic E-state index is 0.0148. The SMILES string of the molecule is O=C1NCC2CN(CC(O)c3ccc(Cl)cc3Cl)CCN12. The second-order valence-electron chi connectivity index (χ2n) is 5.47. The van der Waals surface area contributed by atoms with E-state index in [0.717, 1.165) is 13.1 Å². The first-order valence-electron chi connectivity index (χ1n) is 6.94. The fourth-order valence-electron chi connectivity index (χ4n) is 2.95. The zero-order valence-corrected chi connectivity index (χ0v) is 12.9. The number of fused-ring (bicyclic) bond motifs is 1. The average Bonchev–Trinajstić information content (AvgIpc) is 2.80. The number of benzene rings is 1. The molecule has 0 spiro atoms. The zero-order valence-electron chi connectivity index (χ0n) is 11.4. The van der Waals surface area contributed by atoms with Crippen molar-refractivity contribution in [2.45, 2.75) is 12.1 Å². The Bertz CT molecular complexity index is 555. The maximum Gasteiger partial charge on any atom is 0.317 e. The second-order valence-corrected chi connectivity index (χ2v) is 6.32. The van der Waals surface area contributed by atoms with Crippen LogP contribution in [0, 0.1) is 0 Å². The molecule has 2 unspecified atom stereocenters. The number of urea groups is 1. The summed E-state index contributed by atoms with van der Waals surface area (Å²) >= 11 is 12.0. The molecule has 0 radical (unpaired) electrons. The fourth-order valence-corrected chi connectivity index (χ4v) is 3.48. The minimum atomic E-state index is -0.661. The van der Waals surface area contributed by atoms with E-state index in [-0.39, 0.29) is 12.1 Å². The Kier molecular flexibility index (Phi) is 4.26. The van der Waals surface area contributed by atoms with E-state index in [1.54, 1.807) is 18.2 Å². The molecule has 2 fully saturated rings. The molecule has 2 saturated heterocycles. The predicted octanol–water partition coefficient (Wildman–Crippen LogP) is 1.74. The van der Waals surface area contributed by atoms with Gasteiger partial charge in [-0.3, -0.25) is 4.90 Å². The van der Waals surface area contributed by atoms with E-state index in [1.165, 1.54) is 0 Å². The number of carbonyl (C=O) groups excluding carboxylic acids is 1. The van der Waals surface area contributed by atoms with Crippen LogP contribution in [0.4, 0.5) is 4.79 Å². The first-order valence-corrected chi connectivity index (χ1v) is 7.70. The largest absolute Gasteiger partial charge is 0.387 e. The Hall–Kier alpha value is -1.01. The predicted molar refractivity (Wildman–Crippen MR) is 81.8 cm³/mol. The Balaban J connectivity index is 1.63. The Labute approximate surface area is 133 Å². The van der Waals surface area contributed by atoms with Crippen LogP contribution in [0.25, 0.3) is 0 Å². The number of amides is 2. The van der Waals surface area contributed by atoms with Gasteiger partial charge < -0.3 is 15.3 Å². The van der Waals surface area contributed by atoms with Gasteiger partial charge in [-0.2, -0.15) is 0 Å². The molecule has 2 heterocycles. The highest BCUT2D eigenvalue weighted by atomic mass is 35.5. The number of nitrogens with one attached hydrogen (secondary N) is 1. The normalized spacial score (nSPS) is 23.9. The lowest BCUT2D eigenvalue weighted by Crippen LogP contribution is -2.52. The maximum absolute atomic E-state index is 11.6. The highest BCUT2D eigenvalue weighted by molar-refractivity contribution is 6.35. The molecule has 0 saturated carbocycles. The molecule has 0 bridgehead atoms. The molecular formula is C14H17Cl2N3O2. The molecule has 2 amide bonds. The minimum Gasteiger partial charge on any atom is -0.387 e. The highest BCUT2D eigenvalue weighted by Crippen LogP contribution is 2.27. The van der Waals surface area contributed by atoms with Crippen LogP contribution < -0.4 is 5.32 Å². The molecule has 1 aromatic rings. The van der Waals surface area contributed by atoms with Crippen molar-refractivity contribution in [2.75, 3.05) is 32.7 Å². The summed E-state index contributed by atoms with van der Waals surface area (Å²) < 4.78 is 0. The molecule has 3 rings (SSSR count). The van der Waals surface area contributed by atoms with Crippen LogP contribution in [-0.4, -0.2) is 59.7 Å². The quantitative estimate of drug-likeness (QED) is 0.888. The number of hydrogen-bond donors (Lipinski definition) is 2. The average molecular weight is 330 g/mol. The first kappa shape index (κ1) is 14.9. The first-order chi connectivity index (χ1) is 10.0. The van der Waals surface area contributed by atoms with Gasteiger partial charge in [0.1, 0.15) is 0 Å².